The Balaban J connectivity index is 2.48. The Morgan fingerprint density at radius 2 is 1.59 bits per heavy atom. The normalized spacial score (nSPS) is 11.4. The summed E-state index contributed by atoms with van der Waals surface area (Å²) >= 11 is 0. The summed E-state index contributed by atoms with van der Waals surface area (Å²) in [4.78, 5) is 0. The molecule has 0 aliphatic heterocycles. The van der Waals surface area contributed by atoms with Gasteiger partial charge in [-0.05, 0) is 29.5 Å². The molecule has 2 rings (SSSR count). The van der Waals surface area contributed by atoms with E-state index in [2.05, 4.69) is 46.0 Å². The van der Waals surface area contributed by atoms with Gasteiger partial charge in [0.15, 0.2) is 0 Å². The molecule has 1 aromatic carbocycles. The third-order valence-electron chi connectivity index (χ3n) is 2.96. The number of para-hydroxylation sites is 1. The minimum absolute atomic E-state index is 0.470. The highest BCUT2D eigenvalue weighted by Gasteiger charge is 2.15. The predicted molar refractivity (Wildman–Crippen MR) is 71.7 cm³/mol. The molecule has 0 unspecified atom stereocenters. The molecule has 17 heavy (non-hydrogen) atoms. The summed E-state index contributed by atoms with van der Waals surface area (Å²) in [7, 11) is 0. The zero-order valence-corrected chi connectivity index (χ0v) is 11.0. The lowest BCUT2D eigenvalue weighted by molar-refractivity contribution is 0.749. The van der Waals surface area contributed by atoms with Gasteiger partial charge in [0, 0.05) is 6.20 Å². The third-order valence-corrected chi connectivity index (χ3v) is 2.96. The van der Waals surface area contributed by atoms with E-state index in [1.54, 1.807) is 0 Å². The van der Waals surface area contributed by atoms with Gasteiger partial charge in [-0.3, -0.25) is 0 Å². The van der Waals surface area contributed by atoms with Gasteiger partial charge in [-0.15, -0.1) is 0 Å². The van der Waals surface area contributed by atoms with E-state index in [0.717, 1.165) is 5.69 Å². The van der Waals surface area contributed by atoms with Crippen LogP contribution in [0.2, 0.25) is 0 Å². The van der Waals surface area contributed by atoms with E-state index in [4.69, 9.17) is 5.10 Å². The predicted octanol–water partition coefficient (Wildman–Crippen LogP) is 4.12. The first-order chi connectivity index (χ1) is 8.09. The Bertz CT molecular complexity index is 455. The Morgan fingerprint density at radius 3 is 2.06 bits per heavy atom. The number of aromatic nitrogens is 2. The summed E-state index contributed by atoms with van der Waals surface area (Å²) in [6.07, 6.45) is 2.16. The van der Waals surface area contributed by atoms with E-state index < -0.39 is 0 Å². The fraction of sp³-hybridized carbons (Fsp3) is 0.400. The van der Waals surface area contributed by atoms with Gasteiger partial charge in [0.1, 0.15) is 0 Å². The average Bonchev–Trinajstić information content (AvgIpc) is 2.75. The SMILES string of the molecule is CC(C)c1cn(-c2ccccc2)nc1C(C)C. The minimum Gasteiger partial charge on any atom is -0.240 e. The monoisotopic (exact) mass is 228 g/mol. The van der Waals surface area contributed by atoms with Crippen LogP contribution in [0.4, 0.5) is 0 Å². The van der Waals surface area contributed by atoms with E-state index in [1.165, 1.54) is 11.3 Å². The molecule has 0 fully saturated rings. The molecular weight excluding hydrogens is 208 g/mol. The number of benzene rings is 1. The van der Waals surface area contributed by atoms with Crippen molar-refractivity contribution in [1.29, 1.82) is 0 Å². The summed E-state index contributed by atoms with van der Waals surface area (Å²) in [5.74, 6) is 0.988. The summed E-state index contributed by atoms with van der Waals surface area (Å²) in [6.45, 7) is 8.84. The number of rotatable bonds is 3. The van der Waals surface area contributed by atoms with E-state index in [0.29, 0.717) is 11.8 Å². The van der Waals surface area contributed by atoms with Crippen molar-refractivity contribution in [3.63, 3.8) is 0 Å². The van der Waals surface area contributed by atoms with Crippen molar-refractivity contribution < 1.29 is 0 Å². The van der Waals surface area contributed by atoms with Crippen LogP contribution in [0.3, 0.4) is 0 Å². The van der Waals surface area contributed by atoms with Crippen molar-refractivity contribution >= 4 is 0 Å². The van der Waals surface area contributed by atoms with Gasteiger partial charge >= 0.3 is 0 Å². The lowest BCUT2D eigenvalue weighted by atomic mass is 9.98. The Morgan fingerprint density at radius 1 is 0.941 bits per heavy atom. The summed E-state index contributed by atoms with van der Waals surface area (Å²) in [5.41, 5.74) is 3.69. The van der Waals surface area contributed by atoms with Gasteiger partial charge in [0.05, 0.1) is 11.4 Å². The molecule has 0 radical (unpaired) electrons. The summed E-state index contributed by atoms with van der Waals surface area (Å²) in [6, 6.07) is 10.3. The lowest BCUT2D eigenvalue weighted by Gasteiger charge is -2.06. The Hall–Kier alpha value is -1.57. The van der Waals surface area contributed by atoms with Crippen molar-refractivity contribution in [2.24, 2.45) is 0 Å². The smallest absolute Gasteiger partial charge is 0.0688 e. The quantitative estimate of drug-likeness (QED) is 0.772. The van der Waals surface area contributed by atoms with Gasteiger partial charge in [-0.2, -0.15) is 5.10 Å². The molecule has 0 amide bonds. The molecule has 1 aromatic heterocycles. The molecule has 90 valence electrons. The van der Waals surface area contributed by atoms with Crippen LogP contribution in [0.5, 0.6) is 0 Å². The minimum atomic E-state index is 0.470. The van der Waals surface area contributed by atoms with Crippen molar-refractivity contribution in [3.8, 4) is 5.69 Å². The largest absolute Gasteiger partial charge is 0.240 e. The maximum Gasteiger partial charge on any atom is 0.0688 e. The highest BCUT2D eigenvalue weighted by molar-refractivity contribution is 5.34. The standard InChI is InChI=1S/C15H20N2/c1-11(2)14-10-17(16-15(14)12(3)4)13-8-6-5-7-9-13/h5-12H,1-4H3. The molecule has 0 bridgehead atoms. The molecule has 0 aliphatic rings. The van der Waals surface area contributed by atoms with Crippen LogP contribution in [0, 0.1) is 0 Å². The fourth-order valence-electron chi connectivity index (χ4n) is 2.01. The van der Waals surface area contributed by atoms with Crippen LogP contribution in [-0.2, 0) is 0 Å². The van der Waals surface area contributed by atoms with E-state index in [-0.39, 0.29) is 0 Å². The van der Waals surface area contributed by atoms with Crippen LogP contribution in [0.1, 0.15) is 50.8 Å². The Labute approximate surface area is 103 Å². The molecule has 0 N–H and O–H groups in total. The maximum absolute atomic E-state index is 4.72. The van der Waals surface area contributed by atoms with Crippen LogP contribution >= 0.6 is 0 Å². The van der Waals surface area contributed by atoms with Crippen LogP contribution in [0.15, 0.2) is 36.5 Å². The number of nitrogens with zero attached hydrogens (tertiary/aromatic N) is 2. The van der Waals surface area contributed by atoms with Gasteiger partial charge in [0.25, 0.3) is 0 Å². The van der Waals surface area contributed by atoms with Gasteiger partial charge in [-0.1, -0.05) is 45.9 Å². The molecule has 2 nitrogen and oxygen atoms in total. The lowest BCUT2D eigenvalue weighted by Crippen LogP contribution is -1.97. The molecule has 0 atom stereocenters. The Kier molecular flexibility index (Phi) is 3.32. The molecule has 1 heterocycles. The van der Waals surface area contributed by atoms with Crippen molar-refractivity contribution in [2.75, 3.05) is 0 Å². The molecule has 2 aromatic rings. The first kappa shape index (κ1) is 11.9. The number of hydrogen-bond acceptors (Lipinski definition) is 1. The molecule has 0 saturated heterocycles. The van der Waals surface area contributed by atoms with Crippen LogP contribution < -0.4 is 0 Å². The topological polar surface area (TPSA) is 17.8 Å². The second-order valence-electron chi connectivity index (χ2n) is 5.06. The molecule has 0 aliphatic carbocycles. The zero-order chi connectivity index (χ0) is 12.4. The van der Waals surface area contributed by atoms with Crippen LogP contribution in [-0.4, -0.2) is 9.78 Å². The van der Waals surface area contributed by atoms with Gasteiger partial charge < -0.3 is 0 Å². The first-order valence-electron chi connectivity index (χ1n) is 6.24. The summed E-state index contributed by atoms with van der Waals surface area (Å²) in [5, 5.41) is 4.72. The van der Waals surface area contributed by atoms with Crippen molar-refractivity contribution in [1.82, 2.24) is 9.78 Å². The molecule has 0 saturated carbocycles. The maximum atomic E-state index is 4.72. The number of hydrogen-bond donors (Lipinski definition) is 0. The fourth-order valence-corrected chi connectivity index (χ4v) is 2.01. The van der Waals surface area contributed by atoms with Gasteiger partial charge in [0.2, 0.25) is 0 Å². The second-order valence-corrected chi connectivity index (χ2v) is 5.06. The highest BCUT2D eigenvalue weighted by Crippen LogP contribution is 2.25. The molecule has 2 heteroatoms. The van der Waals surface area contributed by atoms with Crippen LogP contribution in [0.25, 0.3) is 5.69 Å². The van der Waals surface area contributed by atoms with E-state index >= 15 is 0 Å². The third kappa shape index (κ3) is 2.41. The highest BCUT2D eigenvalue weighted by atomic mass is 15.3. The summed E-state index contributed by atoms with van der Waals surface area (Å²) < 4.78 is 1.99. The van der Waals surface area contributed by atoms with Crippen molar-refractivity contribution in [3.05, 3.63) is 47.8 Å². The van der Waals surface area contributed by atoms with E-state index in [9.17, 15) is 0 Å². The average molecular weight is 228 g/mol. The second kappa shape index (κ2) is 4.74. The van der Waals surface area contributed by atoms with Crippen molar-refractivity contribution in [2.45, 2.75) is 39.5 Å². The first-order valence-corrected chi connectivity index (χ1v) is 6.24. The van der Waals surface area contributed by atoms with E-state index in [1.807, 2.05) is 22.9 Å². The molecule has 0 spiro atoms. The van der Waals surface area contributed by atoms with Gasteiger partial charge in [-0.25, -0.2) is 4.68 Å². The molecular formula is C15H20N2. The zero-order valence-electron chi connectivity index (χ0n) is 11.0.